The third-order valence-electron chi connectivity index (χ3n) is 6.78. The van der Waals surface area contributed by atoms with Gasteiger partial charge in [-0.15, -0.1) is 0 Å². The van der Waals surface area contributed by atoms with E-state index in [0.29, 0.717) is 28.0 Å². The number of nitrogens with zero attached hydrogens (tertiary/aromatic N) is 4. The lowest BCUT2D eigenvalue weighted by atomic mass is 9.88. The second kappa shape index (κ2) is 11.1. The largest absolute Gasteiger partial charge is 0.493 e. The Morgan fingerprint density at radius 2 is 1.84 bits per heavy atom. The lowest BCUT2D eigenvalue weighted by molar-refractivity contribution is 0.284. The van der Waals surface area contributed by atoms with Gasteiger partial charge in [-0.05, 0) is 54.8 Å². The summed E-state index contributed by atoms with van der Waals surface area (Å²) in [5, 5.41) is 14.5. The van der Waals surface area contributed by atoms with Crippen molar-refractivity contribution in [2.75, 3.05) is 7.11 Å². The summed E-state index contributed by atoms with van der Waals surface area (Å²) in [4.78, 5) is 18.3. The molecule has 0 amide bonds. The van der Waals surface area contributed by atoms with E-state index in [0.717, 1.165) is 42.6 Å². The normalized spacial score (nSPS) is 14.1. The minimum atomic E-state index is -0.162. The molecule has 37 heavy (non-hydrogen) atoms. The van der Waals surface area contributed by atoms with Gasteiger partial charge in [-0.2, -0.15) is 15.0 Å². The first-order chi connectivity index (χ1) is 18.2. The zero-order valence-electron chi connectivity index (χ0n) is 20.8. The first-order valence-corrected chi connectivity index (χ1v) is 12.5. The van der Waals surface area contributed by atoms with E-state index >= 15 is 0 Å². The van der Waals surface area contributed by atoms with Gasteiger partial charge in [-0.1, -0.05) is 49.6 Å². The predicted molar refractivity (Wildman–Crippen MR) is 143 cm³/mol. The number of ether oxygens (including phenoxy) is 2. The van der Waals surface area contributed by atoms with Crippen LogP contribution in [0.2, 0.25) is 0 Å². The van der Waals surface area contributed by atoms with Gasteiger partial charge in [-0.3, -0.25) is 4.79 Å². The Bertz CT molecular complexity index is 1540. The number of para-hydroxylation sites is 1. The van der Waals surface area contributed by atoms with Gasteiger partial charge in [0.25, 0.3) is 5.56 Å². The molecule has 0 saturated heterocycles. The minimum Gasteiger partial charge on any atom is -0.493 e. The SMILES string of the molecule is COc1cc(C=Nn2c(C3CCCCC3)nc3ccccc3c2=O)ccc1OCc1ccccc1C#N. The third kappa shape index (κ3) is 5.24. The molecule has 0 spiro atoms. The predicted octanol–water partition coefficient (Wildman–Crippen LogP) is 5.79. The average molecular weight is 493 g/mol. The van der Waals surface area contributed by atoms with Gasteiger partial charge >= 0.3 is 0 Å². The van der Waals surface area contributed by atoms with Crippen LogP contribution in [-0.4, -0.2) is 23.0 Å². The molecule has 0 unspecified atom stereocenters. The van der Waals surface area contributed by atoms with Crippen molar-refractivity contribution >= 4 is 17.1 Å². The summed E-state index contributed by atoms with van der Waals surface area (Å²) in [6.07, 6.45) is 7.16. The van der Waals surface area contributed by atoms with E-state index in [1.807, 2.05) is 48.5 Å². The first kappa shape index (κ1) is 24.3. The minimum absolute atomic E-state index is 0.162. The lowest BCUT2D eigenvalue weighted by Crippen LogP contribution is -2.25. The van der Waals surface area contributed by atoms with Gasteiger partial charge in [0.05, 0.1) is 35.9 Å². The van der Waals surface area contributed by atoms with E-state index in [9.17, 15) is 10.1 Å². The molecule has 4 aromatic rings. The second-order valence-corrected chi connectivity index (χ2v) is 9.15. The average Bonchev–Trinajstić information content (AvgIpc) is 2.96. The molecule has 1 aliphatic carbocycles. The van der Waals surface area contributed by atoms with E-state index < -0.39 is 0 Å². The smallest absolute Gasteiger partial charge is 0.282 e. The molecule has 7 nitrogen and oxygen atoms in total. The van der Waals surface area contributed by atoms with Crippen LogP contribution in [0.15, 0.2) is 76.6 Å². The molecule has 1 heterocycles. The van der Waals surface area contributed by atoms with E-state index in [-0.39, 0.29) is 18.1 Å². The number of nitriles is 1. The Labute approximate surface area is 215 Å². The Kier molecular flexibility index (Phi) is 7.27. The number of fused-ring (bicyclic) bond motifs is 1. The van der Waals surface area contributed by atoms with Crippen molar-refractivity contribution in [1.29, 1.82) is 5.26 Å². The number of benzene rings is 3. The van der Waals surface area contributed by atoms with Crippen LogP contribution in [0.1, 0.15) is 60.5 Å². The fourth-order valence-electron chi connectivity index (χ4n) is 4.80. The molecule has 3 aromatic carbocycles. The van der Waals surface area contributed by atoms with Crippen molar-refractivity contribution in [3.05, 3.63) is 99.6 Å². The fourth-order valence-corrected chi connectivity index (χ4v) is 4.80. The molecule has 1 aliphatic rings. The van der Waals surface area contributed by atoms with E-state index in [4.69, 9.17) is 14.5 Å². The van der Waals surface area contributed by atoms with Gasteiger partial charge in [-0.25, -0.2) is 4.98 Å². The van der Waals surface area contributed by atoms with Gasteiger partial charge in [0.2, 0.25) is 0 Å². The molecule has 0 atom stereocenters. The van der Waals surface area contributed by atoms with Crippen LogP contribution in [0.5, 0.6) is 11.5 Å². The quantitative estimate of drug-likeness (QED) is 0.305. The first-order valence-electron chi connectivity index (χ1n) is 12.5. The zero-order chi connectivity index (χ0) is 25.6. The number of aromatic nitrogens is 2. The van der Waals surface area contributed by atoms with E-state index in [2.05, 4.69) is 11.2 Å². The Hall–Kier alpha value is -4.44. The van der Waals surface area contributed by atoms with Crippen molar-refractivity contribution in [1.82, 2.24) is 9.66 Å². The standard InChI is InChI=1S/C30H28N4O3/c1-36-28-17-21(15-16-27(28)37-20-24-12-6-5-11-23(24)18-31)19-32-34-29(22-9-3-2-4-10-22)33-26-14-8-7-13-25(26)30(34)35/h5-8,11-17,19,22H,2-4,9-10,20H2,1H3. The molecular formula is C30H28N4O3. The van der Waals surface area contributed by atoms with Crippen LogP contribution in [0.25, 0.3) is 10.9 Å². The van der Waals surface area contributed by atoms with Crippen molar-refractivity contribution in [3.8, 4) is 17.6 Å². The summed E-state index contributed by atoms with van der Waals surface area (Å²) < 4.78 is 13.0. The van der Waals surface area contributed by atoms with Crippen LogP contribution in [0, 0.1) is 11.3 Å². The molecule has 0 N–H and O–H groups in total. The molecule has 0 aliphatic heterocycles. The van der Waals surface area contributed by atoms with Gasteiger partial charge < -0.3 is 9.47 Å². The van der Waals surface area contributed by atoms with Crippen LogP contribution in [-0.2, 0) is 6.61 Å². The van der Waals surface area contributed by atoms with Crippen LogP contribution < -0.4 is 15.0 Å². The van der Waals surface area contributed by atoms with Crippen molar-refractivity contribution < 1.29 is 9.47 Å². The molecule has 186 valence electrons. The van der Waals surface area contributed by atoms with Gasteiger partial charge in [0, 0.05) is 11.5 Å². The summed E-state index contributed by atoms with van der Waals surface area (Å²) in [7, 11) is 1.57. The third-order valence-corrected chi connectivity index (χ3v) is 6.78. The highest BCUT2D eigenvalue weighted by Crippen LogP contribution is 2.32. The monoisotopic (exact) mass is 492 g/mol. The number of hydrogen-bond acceptors (Lipinski definition) is 6. The number of hydrogen-bond donors (Lipinski definition) is 0. The Balaban J connectivity index is 1.44. The van der Waals surface area contributed by atoms with Crippen LogP contribution >= 0.6 is 0 Å². The number of methoxy groups -OCH3 is 1. The molecule has 1 aromatic heterocycles. The highest BCUT2D eigenvalue weighted by Gasteiger charge is 2.22. The maximum atomic E-state index is 13.4. The molecule has 5 rings (SSSR count). The molecule has 0 radical (unpaired) electrons. The maximum absolute atomic E-state index is 13.4. The fraction of sp³-hybridized carbons (Fsp3) is 0.267. The highest BCUT2D eigenvalue weighted by molar-refractivity contribution is 5.81. The summed E-state index contributed by atoms with van der Waals surface area (Å²) in [5.74, 6) is 2.03. The molecule has 0 bridgehead atoms. The van der Waals surface area contributed by atoms with Gasteiger partial charge in [0.1, 0.15) is 12.4 Å². The van der Waals surface area contributed by atoms with Crippen LogP contribution in [0.3, 0.4) is 0 Å². The topological polar surface area (TPSA) is 89.5 Å². The number of rotatable bonds is 7. The maximum Gasteiger partial charge on any atom is 0.282 e. The molecular weight excluding hydrogens is 464 g/mol. The van der Waals surface area contributed by atoms with Crippen LogP contribution in [0.4, 0.5) is 0 Å². The lowest BCUT2D eigenvalue weighted by Gasteiger charge is -2.22. The van der Waals surface area contributed by atoms with Gasteiger partial charge in [0.15, 0.2) is 11.5 Å². The zero-order valence-corrected chi connectivity index (χ0v) is 20.8. The van der Waals surface area contributed by atoms with Crippen molar-refractivity contribution in [3.63, 3.8) is 0 Å². The molecule has 1 saturated carbocycles. The van der Waals surface area contributed by atoms with E-state index in [1.165, 1.54) is 11.1 Å². The summed E-state index contributed by atoms with van der Waals surface area (Å²) in [6, 6.07) is 22.4. The molecule has 7 heteroatoms. The highest BCUT2D eigenvalue weighted by atomic mass is 16.5. The Morgan fingerprint density at radius 3 is 2.65 bits per heavy atom. The molecule has 1 fully saturated rings. The second-order valence-electron chi connectivity index (χ2n) is 9.15. The van der Waals surface area contributed by atoms with Crippen molar-refractivity contribution in [2.45, 2.75) is 44.6 Å². The summed E-state index contributed by atoms with van der Waals surface area (Å²) >= 11 is 0. The van der Waals surface area contributed by atoms with E-state index in [1.54, 1.807) is 31.5 Å². The Morgan fingerprint density at radius 1 is 1.05 bits per heavy atom. The summed E-state index contributed by atoms with van der Waals surface area (Å²) in [6.45, 7) is 0.246. The summed E-state index contributed by atoms with van der Waals surface area (Å²) in [5.41, 5.74) is 2.69. The van der Waals surface area contributed by atoms with Crippen molar-refractivity contribution in [2.24, 2.45) is 5.10 Å².